The number of phenols is 1. The number of aromatic carboxylic acids is 1. The lowest BCUT2D eigenvalue weighted by Gasteiger charge is -2.01. The van der Waals surface area contributed by atoms with Crippen molar-refractivity contribution in [3.05, 3.63) is 41.5 Å². The zero-order valence-corrected chi connectivity index (χ0v) is 10.6. The smallest absolute Gasteiger partial charge is 0.339 e. The van der Waals surface area contributed by atoms with Crippen molar-refractivity contribution in [2.45, 2.75) is 0 Å². The number of allylic oxidation sites excluding steroid dienone is 1. The van der Waals surface area contributed by atoms with Crippen LogP contribution in [0.5, 0.6) is 5.75 Å². The molecule has 0 fully saturated rings. The Balaban J connectivity index is 2.80. The Labute approximate surface area is 118 Å². The van der Waals surface area contributed by atoms with Gasteiger partial charge < -0.3 is 20.6 Å². The number of carboxylic acid groups (broad SMARTS) is 2. The maximum absolute atomic E-state index is 11.7. The highest BCUT2D eigenvalue weighted by molar-refractivity contribution is 6.09. The van der Waals surface area contributed by atoms with Crippen molar-refractivity contribution in [3.63, 3.8) is 0 Å². The van der Waals surface area contributed by atoms with Gasteiger partial charge in [0.15, 0.2) is 5.78 Å². The molecular formula is C13H11NO7. The normalized spacial score (nSPS) is 10.3. The number of hydrogen-bond acceptors (Lipinski definition) is 5. The molecule has 1 rings (SSSR count). The number of aromatic hydroxyl groups is 1. The minimum atomic E-state index is -1.40. The molecule has 0 aliphatic rings. The second-order valence-electron chi connectivity index (χ2n) is 3.85. The van der Waals surface area contributed by atoms with Crippen LogP contribution >= 0.6 is 0 Å². The number of benzene rings is 1. The Hall–Kier alpha value is -3.16. The number of rotatable bonds is 6. The number of carbonyl (C=O) groups is 4. The third-order valence-electron chi connectivity index (χ3n) is 2.31. The van der Waals surface area contributed by atoms with Gasteiger partial charge in [0.2, 0.25) is 5.91 Å². The monoisotopic (exact) mass is 293 g/mol. The van der Waals surface area contributed by atoms with Gasteiger partial charge in [0, 0.05) is 11.6 Å². The Kier molecular flexibility index (Phi) is 5.18. The van der Waals surface area contributed by atoms with Crippen LogP contribution in [0.3, 0.4) is 0 Å². The predicted molar refractivity (Wildman–Crippen MR) is 69.2 cm³/mol. The molecule has 4 N–H and O–H groups in total. The van der Waals surface area contributed by atoms with Crippen LogP contribution in [0.4, 0.5) is 0 Å². The lowest BCUT2D eigenvalue weighted by atomic mass is 10.1. The maximum Gasteiger partial charge on any atom is 0.339 e. The van der Waals surface area contributed by atoms with Gasteiger partial charge in [-0.1, -0.05) is 0 Å². The van der Waals surface area contributed by atoms with Crippen molar-refractivity contribution in [3.8, 4) is 5.75 Å². The highest BCUT2D eigenvalue weighted by atomic mass is 16.4. The summed E-state index contributed by atoms with van der Waals surface area (Å²) >= 11 is 0. The topological polar surface area (TPSA) is 141 Å². The molecule has 8 nitrogen and oxygen atoms in total. The van der Waals surface area contributed by atoms with Crippen LogP contribution < -0.4 is 5.32 Å². The lowest BCUT2D eigenvalue weighted by Crippen LogP contribution is -2.27. The molecule has 0 aliphatic carbocycles. The van der Waals surface area contributed by atoms with Crippen LogP contribution in [0, 0.1) is 0 Å². The first-order valence-electron chi connectivity index (χ1n) is 5.59. The third kappa shape index (κ3) is 4.78. The van der Waals surface area contributed by atoms with Crippen molar-refractivity contribution in [1.29, 1.82) is 0 Å². The fourth-order valence-electron chi connectivity index (χ4n) is 1.33. The van der Waals surface area contributed by atoms with Crippen molar-refractivity contribution in [2.75, 3.05) is 6.54 Å². The van der Waals surface area contributed by atoms with Crippen LogP contribution in [-0.4, -0.2) is 45.5 Å². The maximum atomic E-state index is 11.7. The van der Waals surface area contributed by atoms with E-state index >= 15 is 0 Å². The SMILES string of the molecule is O=C(O)CNC(=O)C=CC(=O)c1ccc(O)c(C(=O)O)c1. The van der Waals surface area contributed by atoms with Crippen molar-refractivity contribution in [2.24, 2.45) is 0 Å². The van der Waals surface area contributed by atoms with Gasteiger partial charge in [0.05, 0.1) is 0 Å². The quantitative estimate of drug-likeness (QED) is 0.428. The molecule has 1 aromatic rings. The molecule has 0 aliphatic heterocycles. The number of carboxylic acids is 2. The van der Waals surface area contributed by atoms with Gasteiger partial charge in [-0.05, 0) is 24.3 Å². The number of aliphatic carboxylic acids is 1. The van der Waals surface area contributed by atoms with Crippen LogP contribution in [0.25, 0.3) is 0 Å². The zero-order valence-electron chi connectivity index (χ0n) is 10.6. The summed E-state index contributed by atoms with van der Waals surface area (Å²) in [7, 11) is 0. The molecule has 1 aromatic carbocycles. The molecule has 0 unspecified atom stereocenters. The van der Waals surface area contributed by atoms with E-state index in [0.29, 0.717) is 0 Å². The molecule has 0 spiro atoms. The van der Waals surface area contributed by atoms with Crippen molar-refractivity contribution >= 4 is 23.6 Å². The van der Waals surface area contributed by atoms with Crippen molar-refractivity contribution < 1.29 is 34.5 Å². The summed E-state index contributed by atoms with van der Waals surface area (Å²) in [6.45, 7) is -0.584. The van der Waals surface area contributed by atoms with E-state index in [0.717, 1.165) is 24.3 Å². The van der Waals surface area contributed by atoms with E-state index in [9.17, 15) is 24.3 Å². The number of nitrogens with one attached hydrogen (secondary N) is 1. The van der Waals surface area contributed by atoms with Crippen LogP contribution in [0.1, 0.15) is 20.7 Å². The van der Waals surface area contributed by atoms with Crippen molar-refractivity contribution in [1.82, 2.24) is 5.32 Å². The van der Waals surface area contributed by atoms with E-state index in [4.69, 9.17) is 10.2 Å². The lowest BCUT2D eigenvalue weighted by molar-refractivity contribution is -0.137. The summed E-state index contributed by atoms with van der Waals surface area (Å²) in [5.74, 6) is -4.55. The fraction of sp³-hybridized carbons (Fsp3) is 0.0769. The molecule has 0 saturated carbocycles. The summed E-state index contributed by atoms with van der Waals surface area (Å²) in [4.78, 5) is 43.9. The van der Waals surface area contributed by atoms with Gasteiger partial charge in [-0.2, -0.15) is 0 Å². The molecule has 0 radical (unpaired) electrons. The third-order valence-corrected chi connectivity index (χ3v) is 2.31. The van der Waals surface area contributed by atoms with Gasteiger partial charge in [-0.3, -0.25) is 14.4 Å². The Morgan fingerprint density at radius 3 is 2.33 bits per heavy atom. The molecule has 21 heavy (non-hydrogen) atoms. The van der Waals surface area contributed by atoms with E-state index in [2.05, 4.69) is 0 Å². The average Bonchev–Trinajstić information content (AvgIpc) is 2.42. The van der Waals surface area contributed by atoms with Crippen LogP contribution in [0.2, 0.25) is 0 Å². The summed E-state index contributed by atoms with van der Waals surface area (Å²) in [6.07, 6.45) is 1.70. The highest BCUT2D eigenvalue weighted by Gasteiger charge is 2.12. The Morgan fingerprint density at radius 1 is 1.10 bits per heavy atom. The Bertz CT molecular complexity index is 633. The fourth-order valence-corrected chi connectivity index (χ4v) is 1.33. The van der Waals surface area contributed by atoms with E-state index in [1.165, 1.54) is 6.07 Å². The van der Waals surface area contributed by atoms with E-state index in [1.54, 1.807) is 0 Å². The number of carbonyl (C=O) groups excluding carboxylic acids is 2. The van der Waals surface area contributed by atoms with Crippen LogP contribution in [-0.2, 0) is 9.59 Å². The number of hydrogen-bond donors (Lipinski definition) is 4. The van der Waals surface area contributed by atoms with Gasteiger partial charge >= 0.3 is 11.9 Å². The molecule has 8 heteroatoms. The standard InChI is InChI=1S/C13H11NO7/c15-9(3-4-11(17)14-6-12(18)19)7-1-2-10(16)8(5-7)13(20)21/h1-5,16H,6H2,(H,14,17)(H,18,19)(H,20,21). The first-order chi connectivity index (χ1) is 9.81. The second-order valence-corrected chi connectivity index (χ2v) is 3.85. The number of amides is 1. The molecule has 0 saturated heterocycles. The van der Waals surface area contributed by atoms with E-state index < -0.39 is 41.5 Å². The largest absolute Gasteiger partial charge is 0.507 e. The highest BCUT2D eigenvalue weighted by Crippen LogP contribution is 2.18. The first-order valence-corrected chi connectivity index (χ1v) is 5.59. The van der Waals surface area contributed by atoms with Crippen LogP contribution in [0.15, 0.2) is 30.4 Å². The minimum absolute atomic E-state index is 0.0347. The predicted octanol–water partition coefficient (Wildman–Crippen LogP) is 0.0301. The molecule has 0 bridgehead atoms. The molecule has 0 aromatic heterocycles. The van der Waals surface area contributed by atoms with E-state index in [-0.39, 0.29) is 5.56 Å². The molecule has 0 atom stereocenters. The summed E-state index contributed by atoms with van der Waals surface area (Å²) < 4.78 is 0. The van der Waals surface area contributed by atoms with Gasteiger partial charge in [0.25, 0.3) is 0 Å². The molecule has 1 amide bonds. The molecule has 0 heterocycles. The van der Waals surface area contributed by atoms with Gasteiger partial charge in [-0.25, -0.2) is 4.79 Å². The minimum Gasteiger partial charge on any atom is -0.507 e. The zero-order chi connectivity index (χ0) is 16.0. The van der Waals surface area contributed by atoms with Gasteiger partial charge in [0.1, 0.15) is 17.9 Å². The summed E-state index contributed by atoms with van der Waals surface area (Å²) in [6, 6.07) is 3.22. The average molecular weight is 293 g/mol. The summed E-state index contributed by atoms with van der Waals surface area (Å²) in [5, 5.41) is 28.5. The second kappa shape index (κ2) is 6.85. The van der Waals surface area contributed by atoms with Gasteiger partial charge in [-0.15, -0.1) is 0 Å². The molecule has 110 valence electrons. The summed E-state index contributed by atoms with van der Waals surface area (Å²) in [5.41, 5.74) is -0.475. The number of ketones is 1. The van der Waals surface area contributed by atoms with E-state index in [1.807, 2.05) is 5.32 Å². The first kappa shape index (κ1) is 15.9. The molecular weight excluding hydrogens is 282 g/mol. The Morgan fingerprint density at radius 2 is 1.76 bits per heavy atom.